The van der Waals surface area contributed by atoms with Crippen molar-refractivity contribution in [2.24, 2.45) is 0 Å². The molecule has 0 spiro atoms. The van der Waals surface area contributed by atoms with Crippen LogP contribution in [0.15, 0.2) is 36.5 Å². The zero-order valence-corrected chi connectivity index (χ0v) is 13.6. The van der Waals surface area contributed by atoms with Gasteiger partial charge in [-0.15, -0.1) is 0 Å². The van der Waals surface area contributed by atoms with Gasteiger partial charge in [-0.3, -0.25) is 9.69 Å². The molecule has 0 radical (unpaired) electrons. The summed E-state index contributed by atoms with van der Waals surface area (Å²) in [5, 5.41) is 3.07. The number of nitrogens with zero attached hydrogens (tertiary/aromatic N) is 2. The average molecular weight is 309 g/mol. The Hall–Kier alpha value is -2.07. The lowest BCUT2D eigenvalue weighted by molar-refractivity contribution is -0.118. The van der Waals surface area contributed by atoms with Crippen LogP contribution in [0.5, 0.6) is 0 Å². The number of rotatable bonds is 3. The van der Waals surface area contributed by atoms with E-state index in [1.54, 1.807) is 0 Å². The molecule has 0 bridgehead atoms. The van der Waals surface area contributed by atoms with Gasteiger partial charge in [-0.25, -0.2) is 0 Å². The lowest BCUT2D eigenvalue weighted by Gasteiger charge is -2.34. The molecular weight excluding hydrogens is 286 g/mol. The number of benzene rings is 1. The maximum Gasteiger partial charge on any atom is 0.238 e. The van der Waals surface area contributed by atoms with Crippen molar-refractivity contribution in [3.05, 3.63) is 53.3 Å². The van der Waals surface area contributed by atoms with Crippen LogP contribution in [0.1, 0.15) is 36.2 Å². The smallest absolute Gasteiger partial charge is 0.238 e. The second-order valence-corrected chi connectivity index (χ2v) is 6.66. The molecule has 1 atom stereocenters. The molecule has 1 aliphatic heterocycles. The fourth-order valence-electron chi connectivity index (χ4n) is 3.88. The van der Waals surface area contributed by atoms with Gasteiger partial charge >= 0.3 is 0 Å². The molecule has 0 saturated carbocycles. The first-order valence-corrected chi connectivity index (χ1v) is 8.51. The molecule has 0 saturated heterocycles. The van der Waals surface area contributed by atoms with E-state index in [4.69, 9.17) is 0 Å². The Kier molecular flexibility index (Phi) is 3.69. The van der Waals surface area contributed by atoms with E-state index in [0.29, 0.717) is 6.54 Å². The van der Waals surface area contributed by atoms with Gasteiger partial charge in [0.25, 0.3) is 0 Å². The average Bonchev–Trinajstić information content (AvgIpc) is 3.18. The molecule has 4 rings (SSSR count). The first-order valence-electron chi connectivity index (χ1n) is 8.51. The third-order valence-electron chi connectivity index (χ3n) is 5.20. The number of hydrogen-bond donors (Lipinski definition) is 1. The molecule has 2 heterocycles. The molecule has 23 heavy (non-hydrogen) atoms. The van der Waals surface area contributed by atoms with Crippen LogP contribution in [-0.4, -0.2) is 28.5 Å². The minimum Gasteiger partial charge on any atom is -0.349 e. The molecule has 120 valence electrons. The van der Waals surface area contributed by atoms with Gasteiger partial charge in [0.2, 0.25) is 5.91 Å². The van der Waals surface area contributed by atoms with Crippen LogP contribution < -0.4 is 5.32 Å². The fraction of sp³-hybridized carbons (Fsp3) is 0.421. The van der Waals surface area contributed by atoms with Crippen LogP contribution in [0.25, 0.3) is 0 Å². The number of aromatic nitrogens is 1. The zero-order valence-electron chi connectivity index (χ0n) is 13.6. The van der Waals surface area contributed by atoms with E-state index < -0.39 is 0 Å². The molecule has 2 aliphatic rings. The molecule has 2 aromatic rings. The van der Waals surface area contributed by atoms with Crippen molar-refractivity contribution in [3.8, 4) is 0 Å². The van der Waals surface area contributed by atoms with Gasteiger partial charge in [0.1, 0.15) is 0 Å². The van der Waals surface area contributed by atoms with Crippen molar-refractivity contribution in [2.45, 2.75) is 38.8 Å². The van der Waals surface area contributed by atoms with Crippen molar-refractivity contribution < 1.29 is 4.79 Å². The predicted octanol–water partition coefficient (Wildman–Crippen LogP) is 2.99. The monoisotopic (exact) mass is 309 g/mol. The number of hydrogen-bond acceptors (Lipinski definition) is 2. The molecule has 4 nitrogen and oxygen atoms in total. The maximum atomic E-state index is 12.4. The minimum absolute atomic E-state index is 0.0785. The summed E-state index contributed by atoms with van der Waals surface area (Å²) in [6.45, 7) is 4.50. The molecular formula is C19H23N3O. The summed E-state index contributed by atoms with van der Waals surface area (Å²) in [4.78, 5) is 14.7. The van der Waals surface area contributed by atoms with Gasteiger partial charge in [-0.1, -0.05) is 6.07 Å². The van der Waals surface area contributed by atoms with Gasteiger partial charge < -0.3 is 9.88 Å². The Morgan fingerprint density at radius 2 is 2.09 bits per heavy atom. The SMILES string of the molecule is C[C@H]1c2cccn2CCN1CC(=O)Nc1ccc2c(c1)CCC2. The molecule has 1 aromatic heterocycles. The van der Waals surface area contributed by atoms with E-state index in [9.17, 15) is 4.79 Å². The first kappa shape index (κ1) is 14.5. The highest BCUT2D eigenvalue weighted by atomic mass is 16.2. The molecule has 0 fully saturated rings. The van der Waals surface area contributed by atoms with E-state index in [2.05, 4.69) is 52.2 Å². The quantitative estimate of drug-likeness (QED) is 0.946. The van der Waals surface area contributed by atoms with Crippen LogP contribution in [0.4, 0.5) is 5.69 Å². The number of fused-ring (bicyclic) bond motifs is 2. The van der Waals surface area contributed by atoms with Crippen molar-refractivity contribution >= 4 is 11.6 Å². The number of carbonyl (C=O) groups is 1. The first-order chi connectivity index (χ1) is 11.2. The molecule has 1 amide bonds. The number of aryl methyl sites for hydroxylation is 2. The largest absolute Gasteiger partial charge is 0.349 e. The van der Waals surface area contributed by atoms with Gasteiger partial charge in [0, 0.05) is 36.7 Å². The molecule has 1 aliphatic carbocycles. The number of anilines is 1. The van der Waals surface area contributed by atoms with Crippen LogP contribution in [0, 0.1) is 0 Å². The number of nitrogens with one attached hydrogen (secondary N) is 1. The molecule has 4 heteroatoms. The van der Waals surface area contributed by atoms with Crippen LogP contribution >= 0.6 is 0 Å². The second kappa shape index (κ2) is 5.85. The highest BCUT2D eigenvalue weighted by Gasteiger charge is 2.25. The van der Waals surface area contributed by atoms with Crippen molar-refractivity contribution in [3.63, 3.8) is 0 Å². The highest BCUT2D eigenvalue weighted by molar-refractivity contribution is 5.92. The molecule has 0 unspecified atom stereocenters. The Balaban J connectivity index is 1.41. The Morgan fingerprint density at radius 1 is 1.22 bits per heavy atom. The van der Waals surface area contributed by atoms with Gasteiger partial charge in [0.15, 0.2) is 0 Å². The van der Waals surface area contributed by atoms with E-state index in [1.165, 1.54) is 29.7 Å². The lowest BCUT2D eigenvalue weighted by atomic mass is 10.1. The third kappa shape index (κ3) is 2.79. The third-order valence-corrected chi connectivity index (χ3v) is 5.20. The summed E-state index contributed by atoms with van der Waals surface area (Å²) in [7, 11) is 0. The van der Waals surface area contributed by atoms with Crippen molar-refractivity contribution in [1.82, 2.24) is 9.47 Å². The van der Waals surface area contributed by atoms with Gasteiger partial charge in [-0.2, -0.15) is 0 Å². The van der Waals surface area contributed by atoms with Crippen LogP contribution in [-0.2, 0) is 24.2 Å². The summed E-state index contributed by atoms with van der Waals surface area (Å²) in [6, 6.07) is 10.9. The highest BCUT2D eigenvalue weighted by Crippen LogP contribution is 2.26. The summed E-state index contributed by atoms with van der Waals surface area (Å²) in [5.41, 5.74) is 5.06. The molecule has 1 aromatic carbocycles. The van der Waals surface area contributed by atoms with Crippen molar-refractivity contribution in [1.29, 1.82) is 0 Å². The predicted molar refractivity (Wildman–Crippen MR) is 91.5 cm³/mol. The Bertz CT molecular complexity index is 734. The lowest BCUT2D eigenvalue weighted by Crippen LogP contribution is -2.41. The summed E-state index contributed by atoms with van der Waals surface area (Å²) >= 11 is 0. The minimum atomic E-state index is 0.0785. The number of carbonyl (C=O) groups excluding carboxylic acids is 1. The summed E-state index contributed by atoms with van der Waals surface area (Å²) < 4.78 is 2.28. The fourth-order valence-corrected chi connectivity index (χ4v) is 3.88. The molecule has 1 N–H and O–H groups in total. The summed E-state index contributed by atoms with van der Waals surface area (Å²) in [5.74, 6) is 0.0785. The second-order valence-electron chi connectivity index (χ2n) is 6.66. The standard InChI is InChI=1S/C19H23N3O/c1-14-18-6-3-9-21(18)10-11-22(14)13-19(23)20-17-8-7-15-4-2-5-16(15)12-17/h3,6-9,12,14H,2,4-5,10-11,13H2,1H3,(H,20,23)/t14-/m0/s1. The summed E-state index contributed by atoms with van der Waals surface area (Å²) in [6.07, 6.45) is 5.67. The van der Waals surface area contributed by atoms with E-state index >= 15 is 0 Å². The Labute approximate surface area is 137 Å². The van der Waals surface area contributed by atoms with Crippen LogP contribution in [0.2, 0.25) is 0 Å². The van der Waals surface area contributed by atoms with Gasteiger partial charge in [0.05, 0.1) is 6.54 Å². The van der Waals surface area contributed by atoms with Crippen LogP contribution in [0.3, 0.4) is 0 Å². The van der Waals surface area contributed by atoms with E-state index in [1.807, 2.05) is 6.07 Å². The maximum absolute atomic E-state index is 12.4. The van der Waals surface area contributed by atoms with E-state index in [0.717, 1.165) is 25.2 Å². The number of amides is 1. The van der Waals surface area contributed by atoms with Crippen molar-refractivity contribution in [2.75, 3.05) is 18.4 Å². The Morgan fingerprint density at radius 3 is 3.00 bits per heavy atom. The van der Waals surface area contributed by atoms with Gasteiger partial charge in [-0.05, 0) is 61.6 Å². The topological polar surface area (TPSA) is 37.3 Å². The van der Waals surface area contributed by atoms with E-state index in [-0.39, 0.29) is 11.9 Å². The zero-order chi connectivity index (χ0) is 15.8. The normalized spacial score (nSPS) is 20.1.